The SMILES string of the molecule is Cc1cc(C)n(-c2ccc(NC(=O)C3CCCCN3CCO)cc2)n1. The van der Waals surface area contributed by atoms with Crippen molar-refractivity contribution in [1.29, 1.82) is 0 Å². The first-order chi connectivity index (χ1) is 12.1. The van der Waals surface area contributed by atoms with Gasteiger partial charge in [0.1, 0.15) is 0 Å². The normalized spacial score (nSPS) is 18.3. The van der Waals surface area contributed by atoms with Crippen molar-refractivity contribution in [2.75, 3.05) is 25.0 Å². The smallest absolute Gasteiger partial charge is 0.241 e. The van der Waals surface area contributed by atoms with Gasteiger partial charge in [-0.1, -0.05) is 6.42 Å². The number of aromatic nitrogens is 2. The molecule has 3 rings (SSSR count). The predicted molar refractivity (Wildman–Crippen MR) is 98.0 cm³/mol. The average Bonchev–Trinajstić information content (AvgIpc) is 2.94. The molecule has 6 heteroatoms. The molecule has 2 aromatic rings. The molecule has 1 saturated heterocycles. The number of rotatable bonds is 5. The maximum absolute atomic E-state index is 12.6. The molecule has 1 fully saturated rings. The summed E-state index contributed by atoms with van der Waals surface area (Å²) in [6, 6.07) is 9.61. The molecule has 6 nitrogen and oxygen atoms in total. The van der Waals surface area contributed by atoms with Gasteiger partial charge in [-0.2, -0.15) is 5.10 Å². The van der Waals surface area contributed by atoms with Gasteiger partial charge in [-0.15, -0.1) is 0 Å². The number of likely N-dealkylation sites (tertiary alicyclic amines) is 1. The number of aryl methyl sites for hydroxylation is 2. The Kier molecular flexibility index (Phi) is 5.50. The lowest BCUT2D eigenvalue weighted by Gasteiger charge is -2.34. The molecular weight excluding hydrogens is 316 g/mol. The molecule has 2 N–H and O–H groups in total. The lowest BCUT2D eigenvalue weighted by Crippen LogP contribution is -2.48. The number of carbonyl (C=O) groups is 1. The molecule has 134 valence electrons. The van der Waals surface area contributed by atoms with E-state index in [2.05, 4.69) is 15.3 Å². The van der Waals surface area contributed by atoms with E-state index in [9.17, 15) is 9.90 Å². The Labute approximate surface area is 148 Å². The van der Waals surface area contributed by atoms with Gasteiger partial charge in [0.25, 0.3) is 0 Å². The van der Waals surface area contributed by atoms with Crippen LogP contribution >= 0.6 is 0 Å². The van der Waals surface area contributed by atoms with Crippen LogP contribution in [0.2, 0.25) is 0 Å². The van der Waals surface area contributed by atoms with E-state index >= 15 is 0 Å². The average molecular weight is 342 g/mol. The molecule has 0 aliphatic carbocycles. The van der Waals surface area contributed by atoms with Crippen molar-refractivity contribution in [3.63, 3.8) is 0 Å². The molecule has 1 aromatic heterocycles. The van der Waals surface area contributed by atoms with Gasteiger partial charge in [-0.05, 0) is 63.6 Å². The molecular formula is C19H26N4O2. The topological polar surface area (TPSA) is 70.4 Å². The number of nitrogens with one attached hydrogen (secondary N) is 1. The number of carbonyl (C=O) groups excluding carboxylic acids is 1. The minimum absolute atomic E-state index is 0.00649. The van der Waals surface area contributed by atoms with E-state index < -0.39 is 0 Å². The molecule has 0 spiro atoms. The van der Waals surface area contributed by atoms with Crippen LogP contribution in [-0.2, 0) is 4.79 Å². The van der Waals surface area contributed by atoms with Gasteiger partial charge in [0.05, 0.1) is 24.0 Å². The van der Waals surface area contributed by atoms with E-state index in [-0.39, 0.29) is 18.6 Å². The minimum atomic E-state index is -0.156. The number of piperidine rings is 1. The highest BCUT2D eigenvalue weighted by Gasteiger charge is 2.28. The number of nitrogens with zero attached hydrogens (tertiary/aromatic N) is 3. The number of aliphatic hydroxyl groups is 1. The maximum Gasteiger partial charge on any atom is 0.241 e. The van der Waals surface area contributed by atoms with E-state index in [0.717, 1.165) is 48.6 Å². The second kappa shape index (κ2) is 7.80. The number of benzene rings is 1. The van der Waals surface area contributed by atoms with Crippen LogP contribution in [0, 0.1) is 13.8 Å². The molecule has 0 radical (unpaired) electrons. The van der Waals surface area contributed by atoms with Crippen molar-refractivity contribution in [2.24, 2.45) is 0 Å². The van der Waals surface area contributed by atoms with Crippen LogP contribution in [0.1, 0.15) is 30.7 Å². The monoisotopic (exact) mass is 342 g/mol. The van der Waals surface area contributed by atoms with E-state index in [1.54, 1.807) is 0 Å². The van der Waals surface area contributed by atoms with E-state index in [1.165, 1.54) is 0 Å². The largest absolute Gasteiger partial charge is 0.395 e. The number of anilines is 1. The minimum Gasteiger partial charge on any atom is -0.395 e. The van der Waals surface area contributed by atoms with Gasteiger partial charge in [0, 0.05) is 17.9 Å². The number of hydrogen-bond donors (Lipinski definition) is 2. The summed E-state index contributed by atoms with van der Waals surface area (Å²) < 4.78 is 1.89. The summed E-state index contributed by atoms with van der Waals surface area (Å²) in [5.41, 5.74) is 3.82. The Morgan fingerprint density at radius 3 is 2.68 bits per heavy atom. The molecule has 1 aliphatic heterocycles. The highest BCUT2D eigenvalue weighted by molar-refractivity contribution is 5.95. The number of amides is 1. The third kappa shape index (κ3) is 4.08. The van der Waals surface area contributed by atoms with Crippen LogP contribution in [0.4, 0.5) is 5.69 Å². The number of hydrogen-bond acceptors (Lipinski definition) is 4. The second-order valence-electron chi connectivity index (χ2n) is 6.65. The molecule has 1 amide bonds. The van der Waals surface area contributed by atoms with E-state index in [4.69, 9.17) is 0 Å². The fraction of sp³-hybridized carbons (Fsp3) is 0.474. The molecule has 2 heterocycles. The summed E-state index contributed by atoms with van der Waals surface area (Å²) in [5, 5.41) is 16.7. The quantitative estimate of drug-likeness (QED) is 0.874. The summed E-state index contributed by atoms with van der Waals surface area (Å²) in [6.07, 6.45) is 2.98. The van der Waals surface area contributed by atoms with Crippen molar-refractivity contribution >= 4 is 11.6 Å². The zero-order valence-corrected chi connectivity index (χ0v) is 14.9. The van der Waals surface area contributed by atoms with Crippen LogP contribution in [-0.4, -0.2) is 51.4 Å². The molecule has 1 aromatic carbocycles. The Morgan fingerprint density at radius 2 is 2.04 bits per heavy atom. The Bertz CT molecular complexity index is 722. The van der Waals surface area contributed by atoms with Crippen LogP contribution < -0.4 is 5.32 Å². The Morgan fingerprint density at radius 1 is 1.28 bits per heavy atom. The van der Waals surface area contributed by atoms with Crippen molar-refractivity contribution < 1.29 is 9.90 Å². The molecule has 1 unspecified atom stereocenters. The van der Waals surface area contributed by atoms with Crippen molar-refractivity contribution in [1.82, 2.24) is 14.7 Å². The number of β-amino-alcohol motifs (C(OH)–C–C–N with tert-alkyl or cyclic N) is 1. The first-order valence-electron chi connectivity index (χ1n) is 8.88. The zero-order chi connectivity index (χ0) is 17.8. The maximum atomic E-state index is 12.6. The zero-order valence-electron chi connectivity index (χ0n) is 14.9. The first-order valence-corrected chi connectivity index (χ1v) is 8.88. The summed E-state index contributed by atoms with van der Waals surface area (Å²) in [4.78, 5) is 14.7. The lowest BCUT2D eigenvalue weighted by atomic mass is 10.0. The summed E-state index contributed by atoms with van der Waals surface area (Å²) in [5.74, 6) is 0.00649. The lowest BCUT2D eigenvalue weighted by molar-refractivity contribution is -0.122. The summed E-state index contributed by atoms with van der Waals surface area (Å²) >= 11 is 0. The van der Waals surface area contributed by atoms with Gasteiger partial charge < -0.3 is 10.4 Å². The Balaban J connectivity index is 1.68. The molecule has 1 aliphatic rings. The van der Waals surface area contributed by atoms with E-state index in [0.29, 0.717) is 6.54 Å². The van der Waals surface area contributed by atoms with Gasteiger partial charge in [-0.25, -0.2) is 4.68 Å². The number of aliphatic hydroxyl groups excluding tert-OH is 1. The highest BCUT2D eigenvalue weighted by Crippen LogP contribution is 2.20. The molecule has 0 saturated carbocycles. The summed E-state index contributed by atoms with van der Waals surface area (Å²) in [7, 11) is 0. The van der Waals surface area contributed by atoms with Gasteiger partial charge in [0.15, 0.2) is 0 Å². The van der Waals surface area contributed by atoms with Crippen LogP contribution in [0.5, 0.6) is 0 Å². The highest BCUT2D eigenvalue weighted by atomic mass is 16.3. The molecule has 25 heavy (non-hydrogen) atoms. The van der Waals surface area contributed by atoms with E-state index in [1.807, 2.05) is 48.9 Å². The standard InChI is InChI=1S/C19H26N4O2/c1-14-13-15(2)23(21-14)17-8-6-16(7-9-17)20-19(25)18-5-3-4-10-22(18)11-12-24/h6-9,13,18,24H,3-5,10-12H2,1-2H3,(H,20,25). The fourth-order valence-corrected chi connectivity index (χ4v) is 3.49. The van der Waals surface area contributed by atoms with Gasteiger partial charge >= 0.3 is 0 Å². The Hall–Kier alpha value is -2.18. The van der Waals surface area contributed by atoms with Crippen LogP contribution in [0.3, 0.4) is 0 Å². The van der Waals surface area contributed by atoms with Gasteiger partial charge in [0.2, 0.25) is 5.91 Å². The third-order valence-electron chi connectivity index (χ3n) is 4.69. The first kappa shape index (κ1) is 17.6. The predicted octanol–water partition coefficient (Wildman–Crippen LogP) is 2.27. The second-order valence-corrected chi connectivity index (χ2v) is 6.65. The third-order valence-corrected chi connectivity index (χ3v) is 4.69. The fourth-order valence-electron chi connectivity index (χ4n) is 3.49. The molecule has 0 bridgehead atoms. The van der Waals surface area contributed by atoms with Gasteiger partial charge in [-0.3, -0.25) is 9.69 Å². The molecule has 1 atom stereocenters. The van der Waals surface area contributed by atoms with Crippen molar-refractivity contribution in [2.45, 2.75) is 39.2 Å². The summed E-state index contributed by atoms with van der Waals surface area (Å²) in [6.45, 7) is 5.50. The van der Waals surface area contributed by atoms with Crippen LogP contribution in [0.15, 0.2) is 30.3 Å². The van der Waals surface area contributed by atoms with Crippen molar-refractivity contribution in [3.05, 3.63) is 41.7 Å². The van der Waals surface area contributed by atoms with Crippen LogP contribution in [0.25, 0.3) is 5.69 Å². The van der Waals surface area contributed by atoms with Crippen molar-refractivity contribution in [3.8, 4) is 5.69 Å².